The summed E-state index contributed by atoms with van der Waals surface area (Å²) in [5, 5.41) is 6.13. The van der Waals surface area contributed by atoms with Crippen LogP contribution in [-0.4, -0.2) is 19.5 Å². The molecule has 0 bridgehead atoms. The van der Waals surface area contributed by atoms with E-state index in [0.717, 1.165) is 41.2 Å². The normalized spacial score (nSPS) is 15.6. The van der Waals surface area contributed by atoms with Gasteiger partial charge in [0.05, 0.1) is 6.04 Å². The number of aryl methyl sites for hydroxylation is 1. The lowest BCUT2D eigenvalue weighted by Gasteiger charge is -2.20. The van der Waals surface area contributed by atoms with Crippen LogP contribution < -0.4 is 10.6 Å². The molecule has 20 heavy (non-hydrogen) atoms. The molecule has 1 aromatic carbocycles. The molecule has 104 valence electrons. The molecule has 0 radical (unpaired) electrons. The standard InChI is InChI=1S/C16H18N2O2/c1-10-3-6-14(20-10)15(17-2)12-5-4-11-7-8-18-16(19)13(11)9-12/h3-6,9,15,17H,7-8H2,1-2H3,(H,18,19). The van der Waals surface area contributed by atoms with Gasteiger partial charge in [-0.1, -0.05) is 12.1 Å². The summed E-state index contributed by atoms with van der Waals surface area (Å²) in [7, 11) is 1.89. The zero-order valence-electron chi connectivity index (χ0n) is 11.7. The third-order valence-corrected chi connectivity index (χ3v) is 3.73. The van der Waals surface area contributed by atoms with E-state index in [1.165, 1.54) is 0 Å². The first-order chi connectivity index (χ1) is 9.69. The topological polar surface area (TPSA) is 54.3 Å². The molecule has 1 aromatic heterocycles. The van der Waals surface area contributed by atoms with E-state index >= 15 is 0 Å². The molecule has 2 heterocycles. The van der Waals surface area contributed by atoms with Crippen LogP contribution in [-0.2, 0) is 6.42 Å². The van der Waals surface area contributed by atoms with Crippen LogP contribution in [0.25, 0.3) is 0 Å². The van der Waals surface area contributed by atoms with Crippen molar-refractivity contribution >= 4 is 5.91 Å². The predicted octanol–water partition coefficient (Wildman–Crippen LogP) is 2.18. The summed E-state index contributed by atoms with van der Waals surface area (Å²) in [6.45, 7) is 2.65. The van der Waals surface area contributed by atoms with E-state index in [0.29, 0.717) is 0 Å². The van der Waals surface area contributed by atoms with Gasteiger partial charge < -0.3 is 15.1 Å². The number of hydrogen-bond donors (Lipinski definition) is 2. The number of fused-ring (bicyclic) bond motifs is 1. The van der Waals surface area contributed by atoms with Gasteiger partial charge in [-0.25, -0.2) is 0 Å². The molecule has 2 N–H and O–H groups in total. The van der Waals surface area contributed by atoms with Gasteiger partial charge in [0, 0.05) is 12.1 Å². The quantitative estimate of drug-likeness (QED) is 0.899. The summed E-state index contributed by atoms with van der Waals surface area (Å²) in [5.74, 6) is 1.76. The van der Waals surface area contributed by atoms with Crippen molar-refractivity contribution in [1.82, 2.24) is 10.6 Å². The molecule has 4 nitrogen and oxygen atoms in total. The van der Waals surface area contributed by atoms with E-state index in [9.17, 15) is 4.79 Å². The smallest absolute Gasteiger partial charge is 0.251 e. The maximum atomic E-state index is 11.9. The molecule has 1 unspecified atom stereocenters. The number of amides is 1. The molecule has 0 saturated heterocycles. The van der Waals surface area contributed by atoms with Gasteiger partial charge in [0.15, 0.2) is 0 Å². The Bertz CT molecular complexity index is 646. The molecule has 1 aliphatic rings. The summed E-state index contributed by atoms with van der Waals surface area (Å²) in [4.78, 5) is 11.9. The largest absolute Gasteiger partial charge is 0.464 e. The minimum absolute atomic E-state index is 0.0126. The van der Waals surface area contributed by atoms with Crippen molar-refractivity contribution < 1.29 is 9.21 Å². The van der Waals surface area contributed by atoms with Gasteiger partial charge in [-0.05, 0) is 49.7 Å². The SMILES string of the molecule is CNC(c1ccc2c(c1)C(=O)NCC2)c1ccc(C)o1. The first kappa shape index (κ1) is 12.9. The van der Waals surface area contributed by atoms with Gasteiger partial charge in [-0.3, -0.25) is 4.79 Å². The number of nitrogens with one attached hydrogen (secondary N) is 2. The molecule has 0 saturated carbocycles. The van der Waals surface area contributed by atoms with Crippen LogP contribution in [0.5, 0.6) is 0 Å². The highest BCUT2D eigenvalue weighted by atomic mass is 16.3. The summed E-state index contributed by atoms with van der Waals surface area (Å²) >= 11 is 0. The zero-order valence-corrected chi connectivity index (χ0v) is 11.7. The van der Waals surface area contributed by atoms with Crippen LogP contribution in [0.3, 0.4) is 0 Å². The number of carbonyl (C=O) groups is 1. The Labute approximate surface area is 118 Å². The molecular weight excluding hydrogens is 252 g/mol. The molecule has 0 fully saturated rings. The van der Waals surface area contributed by atoms with E-state index in [1.807, 2.05) is 38.2 Å². The second-order valence-electron chi connectivity index (χ2n) is 5.09. The first-order valence-corrected chi connectivity index (χ1v) is 6.83. The summed E-state index contributed by atoms with van der Waals surface area (Å²) in [5.41, 5.74) is 2.93. The van der Waals surface area contributed by atoms with Crippen molar-refractivity contribution in [3.8, 4) is 0 Å². The van der Waals surface area contributed by atoms with E-state index in [4.69, 9.17) is 4.42 Å². The van der Waals surface area contributed by atoms with Gasteiger partial charge in [0.2, 0.25) is 0 Å². The maximum Gasteiger partial charge on any atom is 0.251 e. The Morgan fingerprint density at radius 3 is 2.85 bits per heavy atom. The molecule has 3 rings (SSSR count). The average Bonchev–Trinajstić information content (AvgIpc) is 2.87. The van der Waals surface area contributed by atoms with Crippen molar-refractivity contribution in [2.24, 2.45) is 0 Å². The second-order valence-corrected chi connectivity index (χ2v) is 5.09. The lowest BCUT2D eigenvalue weighted by molar-refractivity contribution is 0.0946. The number of rotatable bonds is 3. The van der Waals surface area contributed by atoms with Crippen molar-refractivity contribution in [3.05, 3.63) is 58.5 Å². The Morgan fingerprint density at radius 1 is 1.30 bits per heavy atom. The minimum Gasteiger partial charge on any atom is -0.464 e. The van der Waals surface area contributed by atoms with E-state index in [2.05, 4.69) is 16.7 Å². The van der Waals surface area contributed by atoms with Gasteiger partial charge in [0.1, 0.15) is 11.5 Å². The summed E-state index contributed by atoms with van der Waals surface area (Å²) in [6.07, 6.45) is 0.894. The summed E-state index contributed by atoms with van der Waals surface area (Å²) < 4.78 is 5.70. The maximum absolute atomic E-state index is 11.9. The van der Waals surface area contributed by atoms with Crippen LogP contribution in [0.15, 0.2) is 34.7 Å². The molecule has 1 amide bonds. The number of benzene rings is 1. The fourth-order valence-electron chi connectivity index (χ4n) is 2.69. The molecule has 2 aromatic rings. The Kier molecular flexibility index (Phi) is 3.32. The average molecular weight is 270 g/mol. The molecule has 4 heteroatoms. The zero-order chi connectivity index (χ0) is 14.1. The highest BCUT2D eigenvalue weighted by Gasteiger charge is 2.21. The molecule has 0 aliphatic carbocycles. The summed E-state index contributed by atoms with van der Waals surface area (Å²) in [6, 6.07) is 9.95. The fraction of sp³-hybridized carbons (Fsp3) is 0.312. The van der Waals surface area contributed by atoms with Gasteiger partial charge >= 0.3 is 0 Å². The third-order valence-electron chi connectivity index (χ3n) is 3.73. The van der Waals surface area contributed by atoms with Crippen LogP contribution in [0.1, 0.15) is 39.0 Å². The van der Waals surface area contributed by atoms with Gasteiger partial charge in [-0.15, -0.1) is 0 Å². The van der Waals surface area contributed by atoms with E-state index in [-0.39, 0.29) is 11.9 Å². The van der Waals surface area contributed by atoms with E-state index in [1.54, 1.807) is 0 Å². The second kappa shape index (κ2) is 5.13. The first-order valence-electron chi connectivity index (χ1n) is 6.83. The lowest BCUT2D eigenvalue weighted by atomic mass is 9.94. The van der Waals surface area contributed by atoms with Crippen molar-refractivity contribution in [3.63, 3.8) is 0 Å². The predicted molar refractivity (Wildman–Crippen MR) is 76.8 cm³/mol. The Hall–Kier alpha value is -2.07. The number of hydrogen-bond acceptors (Lipinski definition) is 3. The highest BCUT2D eigenvalue weighted by Crippen LogP contribution is 2.26. The van der Waals surface area contributed by atoms with Crippen LogP contribution in [0, 0.1) is 6.92 Å². The van der Waals surface area contributed by atoms with Gasteiger partial charge in [-0.2, -0.15) is 0 Å². The number of carbonyl (C=O) groups excluding carboxylic acids is 1. The van der Waals surface area contributed by atoms with Crippen LogP contribution in [0.4, 0.5) is 0 Å². The fourth-order valence-corrected chi connectivity index (χ4v) is 2.69. The molecular formula is C16H18N2O2. The lowest BCUT2D eigenvalue weighted by Crippen LogP contribution is -2.32. The van der Waals surface area contributed by atoms with Crippen molar-refractivity contribution in [2.45, 2.75) is 19.4 Å². The Balaban J connectivity index is 2.00. The van der Waals surface area contributed by atoms with Crippen molar-refractivity contribution in [1.29, 1.82) is 0 Å². The van der Waals surface area contributed by atoms with Crippen LogP contribution >= 0.6 is 0 Å². The number of furan rings is 1. The van der Waals surface area contributed by atoms with E-state index < -0.39 is 0 Å². The minimum atomic E-state index is -0.0382. The molecule has 1 atom stereocenters. The highest BCUT2D eigenvalue weighted by molar-refractivity contribution is 5.96. The van der Waals surface area contributed by atoms with Crippen LogP contribution in [0.2, 0.25) is 0 Å². The third kappa shape index (κ3) is 2.23. The molecule has 0 spiro atoms. The van der Waals surface area contributed by atoms with Crippen molar-refractivity contribution in [2.75, 3.05) is 13.6 Å². The van der Waals surface area contributed by atoms with Gasteiger partial charge in [0.25, 0.3) is 5.91 Å². The molecule has 1 aliphatic heterocycles. The Morgan fingerprint density at radius 2 is 2.15 bits per heavy atom. The monoisotopic (exact) mass is 270 g/mol.